The first-order valence-electron chi connectivity index (χ1n) is 4.55. The van der Waals surface area contributed by atoms with E-state index in [1.54, 1.807) is 11.3 Å². The summed E-state index contributed by atoms with van der Waals surface area (Å²) in [5.74, 6) is -0.493. The van der Waals surface area contributed by atoms with E-state index in [0.717, 1.165) is 19.3 Å². The van der Waals surface area contributed by atoms with Gasteiger partial charge in [-0.1, -0.05) is 12.5 Å². The molecule has 1 aliphatic rings. The average molecular weight is 196 g/mol. The molecule has 0 aromatic carbocycles. The summed E-state index contributed by atoms with van der Waals surface area (Å²) in [6.07, 6.45) is 2.94. The van der Waals surface area contributed by atoms with Crippen LogP contribution in [0.3, 0.4) is 0 Å². The van der Waals surface area contributed by atoms with Crippen LogP contribution in [-0.2, 0) is 4.79 Å². The summed E-state index contributed by atoms with van der Waals surface area (Å²) in [6, 6.07) is 4.05. The topological polar surface area (TPSA) is 37.3 Å². The first kappa shape index (κ1) is 8.75. The predicted molar refractivity (Wildman–Crippen MR) is 52.0 cm³/mol. The lowest BCUT2D eigenvalue weighted by atomic mass is 9.95. The Morgan fingerprint density at radius 2 is 2.38 bits per heavy atom. The van der Waals surface area contributed by atoms with Crippen molar-refractivity contribution in [2.45, 2.75) is 25.2 Å². The SMILES string of the molecule is O=C(O)C1CCCC1c1cccs1. The van der Waals surface area contributed by atoms with Gasteiger partial charge in [0.1, 0.15) is 0 Å². The molecule has 70 valence electrons. The highest BCUT2D eigenvalue weighted by atomic mass is 32.1. The van der Waals surface area contributed by atoms with Gasteiger partial charge in [0.15, 0.2) is 0 Å². The largest absolute Gasteiger partial charge is 0.481 e. The summed E-state index contributed by atoms with van der Waals surface area (Å²) in [5.41, 5.74) is 0. The number of hydrogen-bond donors (Lipinski definition) is 1. The number of carboxylic acids is 1. The third-order valence-corrected chi connectivity index (χ3v) is 3.75. The van der Waals surface area contributed by atoms with Gasteiger partial charge in [-0.25, -0.2) is 0 Å². The molecule has 1 aliphatic carbocycles. The zero-order valence-corrected chi connectivity index (χ0v) is 8.09. The van der Waals surface area contributed by atoms with Crippen molar-refractivity contribution in [1.29, 1.82) is 0 Å². The van der Waals surface area contributed by atoms with Gasteiger partial charge < -0.3 is 5.11 Å². The third-order valence-electron chi connectivity index (χ3n) is 2.74. The fraction of sp³-hybridized carbons (Fsp3) is 0.500. The van der Waals surface area contributed by atoms with Crippen LogP contribution in [-0.4, -0.2) is 11.1 Å². The van der Waals surface area contributed by atoms with E-state index in [2.05, 4.69) is 6.07 Å². The maximum atomic E-state index is 10.9. The second-order valence-corrected chi connectivity index (χ2v) is 4.48. The molecule has 2 atom stereocenters. The lowest BCUT2D eigenvalue weighted by Crippen LogP contribution is -2.15. The van der Waals surface area contributed by atoms with Gasteiger partial charge in [0, 0.05) is 10.8 Å². The fourth-order valence-corrected chi connectivity index (χ4v) is 3.03. The van der Waals surface area contributed by atoms with Crippen LogP contribution in [0.2, 0.25) is 0 Å². The minimum absolute atomic E-state index is 0.140. The molecule has 1 fully saturated rings. The van der Waals surface area contributed by atoms with Crippen molar-refractivity contribution in [2.24, 2.45) is 5.92 Å². The smallest absolute Gasteiger partial charge is 0.307 e. The number of rotatable bonds is 2. The van der Waals surface area contributed by atoms with Gasteiger partial charge in [0.2, 0.25) is 0 Å². The zero-order valence-electron chi connectivity index (χ0n) is 7.27. The number of carbonyl (C=O) groups is 1. The van der Waals surface area contributed by atoms with E-state index in [1.807, 2.05) is 11.4 Å². The summed E-state index contributed by atoms with van der Waals surface area (Å²) < 4.78 is 0. The summed E-state index contributed by atoms with van der Waals surface area (Å²) in [5, 5.41) is 11.0. The predicted octanol–water partition coefficient (Wildman–Crippen LogP) is 2.72. The minimum atomic E-state index is -0.629. The molecule has 2 nitrogen and oxygen atoms in total. The molecule has 1 N–H and O–H groups in total. The average Bonchev–Trinajstić information content (AvgIpc) is 2.74. The van der Waals surface area contributed by atoms with Crippen LogP contribution < -0.4 is 0 Å². The van der Waals surface area contributed by atoms with Crippen molar-refractivity contribution in [2.75, 3.05) is 0 Å². The van der Waals surface area contributed by atoms with E-state index in [4.69, 9.17) is 5.11 Å². The molecular weight excluding hydrogens is 184 g/mol. The Morgan fingerprint density at radius 3 is 3.00 bits per heavy atom. The van der Waals surface area contributed by atoms with Crippen molar-refractivity contribution >= 4 is 17.3 Å². The van der Waals surface area contributed by atoms with Gasteiger partial charge in [-0.05, 0) is 24.3 Å². The number of aliphatic carboxylic acids is 1. The number of carboxylic acid groups (broad SMARTS) is 1. The van der Waals surface area contributed by atoms with Gasteiger partial charge in [0.05, 0.1) is 5.92 Å². The molecule has 1 aromatic rings. The van der Waals surface area contributed by atoms with Gasteiger partial charge in [0.25, 0.3) is 0 Å². The molecule has 0 saturated heterocycles. The summed E-state index contributed by atoms with van der Waals surface area (Å²) in [6.45, 7) is 0. The molecule has 13 heavy (non-hydrogen) atoms. The quantitative estimate of drug-likeness (QED) is 0.789. The van der Waals surface area contributed by atoms with E-state index >= 15 is 0 Å². The molecule has 0 radical (unpaired) electrons. The molecular formula is C10H12O2S. The van der Waals surface area contributed by atoms with Crippen LogP contribution in [0.25, 0.3) is 0 Å². The van der Waals surface area contributed by atoms with Crippen molar-refractivity contribution < 1.29 is 9.90 Å². The van der Waals surface area contributed by atoms with Crippen molar-refractivity contribution in [3.63, 3.8) is 0 Å². The zero-order chi connectivity index (χ0) is 9.26. The van der Waals surface area contributed by atoms with Crippen molar-refractivity contribution in [1.82, 2.24) is 0 Å². The second-order valence-electron chi connectivity index (χ2n) is 3.50. The molecule has 0 spiro atoms. The van der Waals surface area contributed by atoms with E-state index in [-0.39, 0.29) is 11.8 Å². The lowest BCUT2D eigenvalue weighted by Gasteiger charge is -2.13. The minimum Gasteiger partial charge on any atom is -0.481 e. The maximum absolute atomic E-state index is 10.9. The molecule has 1 heterocycles. The van der Waals surface area contributed by atoms with Crippen LogP contribution in [0.15, 0.2) is 17.5 Å². The van der Waals surface area contributed by atoms with Crippen LogP contribution in [0.5, 0.6) is 0 Å². The van der Waals surface area contributed by atoms with Crippen LogP contribution >= 0.6 is 11.3 Å². The summed E-state index contributed by atoms with van der Waals surface area (Å²) in [7, 11) is 0. The molecule has 1 saturated carbocycles. The first-order valence-corrected chi connectivity index (χ1v) is 5.43. The molecule has 0 aliphatic heterocycles. The molecule has 2 rings (SSSR count). The van der Waals surface area contributed by atoms with E-state index in [1.165, 1.54) is 4.88 Å². The van der Waals surface area contributed by atoms with Gasteiger partial charge >= 0.3 is 5.97 Å². The molecule has 0 bridgehead atoms. The first-order chi connectivity index (χ1) is 6.29. The Balaban J connectivity index is 2.19. The van der Waals surface area contributed by atoms with E-state index < -0.39 is 5.97 Å². The van der Waals surface area contributed by atoms with Crippen LogP contribution in [0.4, 0.5) is 0 Å². The highest BCUT2D eigenvalue weighted by Crippen LogP contribution is 2.41. The Kier molecular flexibility index (Phi) is 2.36. The highest BCUT2D eigenvalue weighted by molar-refractivity contribution is 7.10. The molecule has 2 unspecified atom stereocenters. The Morgan fingerprint density at radius 1 is 1.54 bits per heavy atom. The highest BCUT2D eigenvalue weighted by Gasteiger charge is 2.34. The normalized spacial score (nSPS) is 27.7. The monoisotopic (exact) mass is 196 g/mol. The van der Waals surface area contributed by atoms with Gasteiger partial charge in [-0.3, -0.25) is 4.79 Å². The van der Waals surface area contributed by atoms with Crippen LogP contribution in [0.1, 0.15) is 30.1 Å². The summed E-state index contributed by atoms with van der Waals surface area (Å²) in [4.78, 5) is 12.2. The van der Waals surface area contributed by atoms with Crippen molar-refractivity contribution in [3.8, 4) is 0 Å². The van der Waals surface area contributed by atoms with E-state index in [0.29, 0.717) is 0 Å². The molecule has 3 heteroatoms. The fourth-order valence-electron chi connectivity index (χ4n) is 2.10. The maximum Gasteiger partial charge on any atom is 0.307 e. The van der Waals surface area contributed by atoms with Gasteiger partial charge in [-0.2, -0.15) is 0 Å². The Labute approximate surface area is 81.2 Å². The number of thiophene rings is 1. The number of hydrogen-bond acceptors (Lipinski definition) is 2. The van der Waals surface area contributed by atoms with E-state index in [9.17, 15) is 4.79 Å². The Bertz CT molecular complexity index is 292. The second kappa shape index (κ2) is 3.50. The van der Waals surface area contributed by atoms with Gasteiger partial charge in [-0.15, -0.1) is 11.3 Å². The summed E-state index contributed by atoms with van der Waals surface area (Å²) >= 11 is 1.68. The lowest BCUT2D eigenvalue weighted by molar-refractivity contribution is -0.141. The van der Waals surface area contributed by atoms with Crippen molar-refractivity contribution in [3.05, 3.63) is 22.4 Å². The van der Waals surface area contributed by atoms with Crippen LogP contribution in [0, 0.1) is 5.92 Å². The third kappa shape index (κ3) is 1.61. The Hall–Kier alpha value is -0.830. The molecule has 1 aromatic heterocycles. The standard InChI is InChI=1S/C10H12O2S/c11-10(12)8-4-1-3-7(8)9-5-2-6-13-9/h2,5-8H,1,3-4H2,(H,11,12). The molecule has 0 amide bonds.